The van der Waals surface area contributed by atoms with Gasteiger partial charge in [-0.1, -0.05) is 13.3 Å². The highest BCUT2D eigenvalue weighted by molar-refractivity contribution is 5.63. The Hall–Kier alpha value is -2.31. The van der Waals surface area contributed by atoms with Crippen LogP contribution in [0.4, 0.5) is 30.5 Å². The first-order chi connectivity index (χ1) is 9.52. The number of nitrogens with zero attached hydrogens (tertiary/aromatic N) is 2. The molecule has 0 aliphatic carbocycles. The first kappa shape index (κ1) is 14.1. The second-order valence-electron chi connectivity index (χ2n) is 4.21. The molecule has 1 aromatic carbocycles. The van der Waals surface area contributed by atoms with Crippen LogP contribution in [-0.2, 0) is 6.42 Å². The third-order valence-electron chi connectivity index (χ3n) is 2.73. The summed E-state index contributed by atoms with van der Waals surface area (Å²) in [5.41, 5.74) is 6.45. The molecule has 3 N–H and O–H groups in total. The van der Waals surface area contributed by atoms with E-state index in [2.05, 4.69) is 15.3 Å². The number of nitrogens with two attached hydrogens (primary N) is 1. The lowest BCUT2D eigenvalue weighted by atomic mass is 10.1. The van der Waals surface area contributed by atoms with Crippen molar-refractivity contribution in [3.8, 4) is 0 Å². The Morgan fingerprint density at radius 1 is 1.15 bits per heavy atom. The Labute approximate surface area is 113 Å². The van der Waals surface area contributed by atoms with Crippen LogP contribution in [0.2, 0.25) is 0 Å². The molecule has 4 nitrogen and oxygen atoms in total. The lowest BCUT2D eigenvalue weighted by molar-refractivity contribution is 0.448. The molecule has 0 unspecified atom stereocenters. The van der Waals surface area contributed by atoms with Crippen molar-refractivity contribution in [1.29, 1.82) is 0 Å². The van der Waals surface area contributed by atoms with Gasteiger partial charge in [-0.3, -0.25) is 0 Å². The summed E-state index contributed by atoms with van der Waals surface area (Å²) in [5, 5.41) is 2.73. The summed E-state index contributed by atoms with van der Waals surface area (Å²) in [6, 6.07) is 1.71. The van der Waals surface area contributed by atoms with E-state index in [1.807, 2.05) is 6.92 Å². The SMILES string of the molecule is CCCc1c(N)ncnc1Nc1cc(F)c(F)c(F)c1. The van der Waals surface area contributed by atoms with Gasteiger partial charge < -0.3 is 11.1 Å². The van der Waals surface area contributed by atoms with Crippen molar-refractivity contribution in [3.63, 3.8) is 0 Å². The van der Waals surface area contributed by atoms with Crippen LogP contribution in [0, 0.1) is 17.5 Å². The van der Waals surface area contributed by atoms with E-state index in [9.17, 15) is 13.2 Å². The van der Waals surface area contributed by atoms with Crippen molar-refractivity contribution in [2.45, 2.75) is 19.8 Å². The zero-order valence-corrected chi connectivity index (χ0v) is 10.8. The Kier molecular flexibility index (Phi) is 4.07. The first-order valence-corrected chi connectivity index (χ1v) is 6.03. The first-order valence-electron chi connectivity index (χ1n) is 6.03. The van der Waals surface area contributed by atoms with Crippen molar-refractivity contribution in [1.82, 2.24) is 9.97 Å². The minimum atomic E-state index is -1.51. The largest absolute Gasteiger partial charge is 0.383 e. The van der Waals surface area contributed by atoms with E-state index in [4.69, 9.17) is 5.73 Å². The zero-order chi connectivity index (χ0) is 14.7. The smallest absolute Gasteiger partial charge is 0.194 e. The molecule has 0 saturated heterocycles. The minimum Gasteiger partial charge on any atom is -0.383 e. The molecule has 20 heavy (non-hydrogen) atoms. The maximum Gasteiger partial charge on any atom is 0.194 e. The third-order valence-corrected chi connectivity index (χ3v) is 2.73. The van der Waals surface area contributed by atoms with Crippen LogP contribution in [-0.4, -0.2) is 9.97 Å². The molecule has 0 radical (unpaired) electrons. The van der Waals surface area contributed by atoms with E-state index >= 15 is 0 Å². The van der Waals surface area contributed by atoms with E-state index in [1.54, 1.807) is 0 Å². The second kappa shape index (κ2) is 5.77. The summed E-state index contributed by atoms with van der Waals surface area (Å²) in [5.74, 6) is -3.40. The monoisotopic (exact) mass is 282 g/mol. The van der Waals surface area contributed by atoms with Gasteiger partial charge in [0.15, 0.2) is 17.5 Å². The summed E-state index contributed by atoms with van der Waals surface area (Å²) in [6.07, 6.45) is 2.66. The molecule has 1 heterocycles. The molecule has 0 amide bonds. The Morgan fingerprint density at radius 2 is 1.80 bits per heavy atom. The number of benzene rings is 1. The number of nitrogens with one attached hydrogen (secondary N) is 1. The molecular weight excluding hydrogens is 269 g/mol. The van der Waals surface area contributed by atoms with Crippen molar-refractivity contribution >= 4 is 17.3 Å². The quantitative estimate of drug-likeness (QED) is 0.845. The lowest BCUT2D eigenvalue weighted by Crippen LogP contribution is -2.06. The second-order valence-corrected chi connectivity index (χ2v) is 4.21. The van der Waals surface area contributed by atoms with Crippen LogP contribution in [0.25, 0.3) is 0 Å². The van der Waals surface area contributed by atoms with E-state index in [-0.39, 0.29) is 5.69 Å². The Bertz CT molecular complexity index is 608. The molecule has 2 rings (SSSR count). The summed E-state index contributed by atoms with van der Waals surface area (Å²) >= 11 is 0. The maximum absolute atomic E-state index is 13.2. The third kappa shape index (κ3) is 2.81. The van der Waals surface area contributed by atoms with Gasteiger partial charge in [-0.25, -0.2) is 23.1 Å². The molecule has 7 heteroatoms. The molecule has 0 fully saturated rings. The van der Waals surface area contributed by atoms with Crippen molar-refractivity contribution in [2.24, 2.45) is 0 Å². The van der Waals surface area contributed by atoms with Gasteiger partial charge in [-0.2, -0.15) is 0 Å². The van der Waals surface area contributed by atoms with E-state index in [0.717, 1.165) is 18.6 Å². The van der Waals surface area contributed by atoms with Crippen LogP contribution in [0.3, 0.4) is 0 Å². The zero-order valence-electron chi connectivity index (χ0n) is 10.8. The predicted octanol–water partition coefficient (Wildman–Crippen LogP) is 3.17. The highest BCUT2D eigenvalue weighted by Gasteiger charge is 2.13. The molecular formula is C13H13F3N4. The standard InChI is InChI=1S/C13H13F3N4/c1-2-3-8-12(17)18-6-19-13(8)20-7-4-9(14)11(16)10(15)5-7/h4-6H,2-3H2,1H3,(H3,17,18,19,20). The average molecular weight is 282 g/mol. The molecule has 106 valence electrons. The van der Waals surface area contributed by atoms with E-state index in [1.165, 1.54) is 6.33 Å². The van der Waals surface area contributed by atoms with Gasteiger partial charge in [0.1, 0.15) is 18.0 Å². The number of rotatable bonds is 4. The number of halogens is 3. The number of aromatic nitrogens is 2. The van der Waals surface area contributed by atoms with E-state index < -0.39 is 17.5 Å². The van der Waals surface area contributed by atoms with Gasteiger partial charge >= 0.3 is 0 Å². The van der Waals surface area contributed by atoms with Crippen LogP contribution in [0.1, 0.15) is 18.9 Å². The molecule has 0 atom stereocenters. The van der Waals surface area contributed by atoms with Gasteiger partial charge in [-0.15, -0.1) is 0 Å². The molecule has 0 spiro atoms. The predicted molar refractivity (Wildman–Crippen MR) is 70.0 cm³/mol. The summed E-state index contributed by atoms with van der Waals surface area (Å²) in [7, 11) is 0. The van der Waals surface area contributed by atoms with Crippen molar-refractivity contribution < 1.29 is 13.2 Å². The Morgan fingerprint density at radius 3 is 2.40 bits per heavy atom. The van der Waals surface area contributed by atoms with Crippen molar-refractivity contribution in [3.05, 3.63) is 41.5 Å². The average Bonchev–Trinajstić information content (AvgIpc) is 2.40. The van der Waals surface area contributed by atoms with Crippen molar-refractivity contribution in [2.75, 3.05) is 11.1 Å². The highest BCUT2D eigenvalue weighted by Crippen LogP contribution is 2.25. The number of hydrogen-bond acceptors (Lipinski definition) is 4. The highest BCUT2D eigenvalue weighted by atomic mass is 19.2. The van der Waals surface area contributed by atoms with Crippen LogP contribution in [0.5, 0.6) is 0 Å². The number of hydrogen-bond donors (Lipinski definition) is 2. The summed E-state index contributed by atoms with van der Waals surface area (Å²) in [4.78, 5) is 7.86. The molecule has 2 aromatic rings. The maximum atomic E-state index is 13.2. The number of anilines is 3. The molecule has 0 bridgehead atoms. The van der Waals surface area contributed by atoms with Crippen LogP contribution in [0.15, 0.2) is 18.5 Å². The summed E-state index contributed by atoms with van der Waals surface area (Å²) < 4.78 is 39.2. The molecule has 1 aromatic heterocycles. The lowest BCUT2D eigenvalue weighted by Gasteiger charge is -2.12. The number of nitrogen functional groups attached to an aromatic ring is 1. The normalized spacial score (nSPS) is 10.6. The fourth-order valence-corrected chi connectivity index (χ4v) is 1.79. The van der Waals surface area contributed by atoms with Gasteiger partial charge in [0, 0.05) is 23.4 Å². The summed E-state index contributed by atoms with van der Waals surface area (Å²) in [6.45, 7) is 1.95. The molecule has 0 aliphatic rings. The molecule has 0 saturated carbocycles. The molecule has 0 aliphatic heterocycles. The fourth-order valence-electron chi connectivity index (χ4n) is 1.79. The minimum absolute atomic E-state index is 0.0526. The van der Waals surface area contributed by atoms with Gasteiger partial charge in [-0.05, 0) is 6.42 Å². The Balaban J connectivity index is 2.37. The van der Waals surface area contributed by atoms with Gasteiger partial charge in [0.05, 0.1) is 0 Å². The van der Waals surface area contributed by atoms with E-state index in [0.29, 0.717) is 23.6 Å². The van der Waals surface area contributed by atoms with Crippen LogP contribution < -0.4 is 11.1 Å². The topological polar surface area (TPSA) is 63.8 Å². The van der Waals surface area contributed by atoms with Gasteiger partial charge in [0.2, 0.25) is 0 Å². The van der Waals surface area contributed by atoms with Crippen LogP contribution >= 0.6 is 0 Å². The van der Waals surface area contributed by atoms with Gasteiger partial charge in [0.25, 0.3) is 0 Å². The fraction of sp³-hybridized carbons (Fsp3) is 0.231.